The molecule has 0 aliphatic rings. The Morgan fingerprint density at radius 1 is 1.15 bits per heavy atom. The highest BCUT2D eigenvalue weighted by Gasteiger charge is 2.08. The second-order valence-corrected chi connectivity index (χ2v) is 6.47. The molecular weight excluding hydrogens is 371 g/mol. The summed E-state index contributed by atoms with van der Waals surface area (Å²) in [6.45, 7) is 0. The van der Waals surface area contributed by atoms with E-state index < -0.39 is 0 Å². The number of nitrogens with one attached hydrogen (secondary N) is 1. The Labute approximate surface area is 158 Å². The number of H-pyrrole nitrogens is 1. The molecule has 0 saturated heterocycles. The number of para-hydroxylation sites is 1. The minimum atomic E-state index is -0.293. The van der Waals surface area contributed by atoms with Gasteiger partial charge in [-0.25, -0.2) is 9.67 Å². The Kier molecular flexibility index (Phi) is 4.32. The van der Waals surface area contributed by atoms with Crippen LogP contribution in [0.5, 0.6) is 0 Å². The normalized spacial score (nSPS) is 11.8. The van der Waals surface area contributed by atoms with Crippen molar-refractivity contribution in [1.29, 1.82) is 0 Å². The third-order valence-corrected chi connectivity index (χ3v) is 4.33. The van der Waals surface area contributed by atoms with E-state index in [1.165, 1.54) is 0 Å². The van der Waals surface area contributed by atoms with E-state index in [-0.39, 0.29) is 5.56 Å². The molecule has 0 aliphatic carbocycles. The van der Waals surface area contributed by atoms with Crippen LogP contribution >= 0.6 is 23.2 Å². The molecule has 0 saturated carbocycles. The van der Waals surface area contributed by atoms with Gasteiger partial charge in [-0.05, 0) is 36.4 Å². The van der Waals surface area contributed by atoms with Crippen LogP contribution in [0.25, 0.3) is 27.7 Å². The Morgan fingerprint density at radius 2 is 1.96 bits per heavy atom. The molecule has 0 amide bonds. The molecule has 0 unspecified atom stereocenters. The van der Waals surface area contributed by atoms with Crippen LogP contribution in [0.3, 0.4) is 0 Å². The molecule has 5 nitrogen and oxygen atoms in total. The average molecular weight is 383 g/mol. The van der Waals surface area contributed by atoms with Crippen molar-refractivity contribution in [3.63, 3.8) is 0 Å². The molecule has 0 atom stereocenters. The van der Waals surface area contributed by atoms with Crippen LogP contribution in [0.4, 0.5) is 0 Å². The zero-order chi connectivity index (χ0) is 18.1. The highest BCUT2D eigenvalue weighted by molar-refractivity contribution is 6.50. The zero-order valence-electron chi connectivity index (χ0n) is 13.4. The number of rotatable bonds is 3. The van der Waals surface area contributed by atoms with Crippen LogP contribution in [0, 0.1) is 0 Å². The minimum absolute atomic E-state index is 0.291. The van der Waals surface area contributed by atoms with E-state index >= 15 is 0 Å². The van der Waals surface area contributed by atoms with Gasteiger partial charge < -0.3 is 4.98 Å². The van der Waals surface area contributed by atoms with Crippen molar-refractivity contribution < 1.29 is 0 Å². The van der Waals surface area contributed by atoms with E-state index in [9.17, 15) is 4.79 Å². The first kappa shape index (κ1) is 16.6. The summed E-state index contributed by atoms with van der Waals surface area (Å²) < 4.78 is 1.74. The lowest BCUT2D eigenvalue weighted by atomic mass is 10.2. The Morgan fingerprint density at radius 3 is 2.77 bits per heavy atom. The smallest absolute Gasteiger partial charge is 0.259 e. The lowest BCUT2D eigenvalue weighted by molar-refractivity contribution is 0.880. The standard InChI is InChI=1S/C19H12Cl2N4O/c20-13-6-7-17-15(9-13)19(26)24-18(23-17)16(21)8-12-10-22-25(11-12)14-4-2-1-3-5-14/h1-11H,(H,23,24,26)/b16-8-. The van der Waals surface area contributed by atoms with Crippen molar-refractivity contribution in [3.8, 4) is 5.69 Å². The predicted molar refractivity (Wildman–Crippen MR) is 105 cm³/mol. The van der Waals surface area contributed by atoms with Gasteiger partial charge in [-0.2, -0.15) is 5.10 Å². The lowest BCUT2D eigenvalue weighted by Crippen LogP contribution is -2.10. The average Bonchev–Trinajstić information content (AvgIpc) is 3.11. The fourth-order valence-electron chi connectivity index (χ4n) is 2.57. The van der Waals surface area contributed by atoms with Gasteiger partial charge >= 0.3 is 0 Å². The van der Waals surface area contributed by atoms with Gasteiger partial charge in [0, 0.05) is 16.8 Å². The maximum atomic E-state index is 12.2. The van der Waals surface area contributed by atoms with Crippen LogP contribution in [-0.4, -0.2) is 19.7 Å². The molecule has 2 heterocycles. The third kappa shape index (κ3) is 3.27. The number of fused-ring (bicyclic) bond motifs is 1. The van der Waals surface area contributed by atoms with Gasteiger partial charge in [-0.3, -0.25) is 4.79 Å². The first-order valence-electron chi connectivity index (χ1n) is 7.77. The van der Waals surface area contributed by atoms with Crippen LogP contribution in [-0.2, 0) is 0 Å². The molecule has 4 rings (SSSR count). The lowest BCUT2D eigenvalue weighted by Gasteiger charge is -2.02. The maximum Gasteiger partial charge on any atom is 0.259 e. The fraction of sp³-hybridized carbons (Fsp3) is 0. The molecule has 0 bridgehead atoms. The summed E-state index contributed by atoms with van der Waals surface area (Å²) in [5.41, 5.74) is 1.97. The summed E-state index contributed by atoms with van der Waals surface area (Å²) >= 11 is 12.3. The Hall–Kier alpha value is -2.89. The Balaban J connectivity index is 1.70. The van der Waals surface area contributed by atoms with E-state index in [4.69, 9.17) is 23.2 Å². The van der Waals surface area contributed by atoms with Gasteiger partial charge in [-0.15, -0.1) is 0 Å². The molecule has 0 spiro atoms. The van der Waals surface area contributed by atoms with Gasteiger partial charge in [0.2, 0.25) is 0 Å². The number of aromatic nitrogens is 4. The SMILES string of the molecule is O=c1[nH]c(/C(Cl)=C/c2cnn(-c3ccccc3)c2)nc2ccc(Cl)cc12. The molecule has 128 valence electrons. The van der Waals surface area contributed by atoms with Crippen molar-refractivity contribution in [3.05, 3.63) is 87.7 Å². The predicted octanol–water partition coefficient (Wildman–Crippen LogP) is 4.50. The van der Waals surface area contributed by atoms with E-state index in [0.29, 0.717) is 26.8 Å². The molecule has 0 aliphatic heterocycles. The fourth-order valence-corrected chi connectivity index (χ4v) is 2.96. The zero-order valence-corrected chi connectivity index (χ0v) is 14.9. The minimum Gasteiger partial charge on any atom is -0.305 e. The first-order chi connectivity index (χ1) is 12.6. The molecular formula is C19H12Cl2N4O. The van der Waals surface area contributed by atoms with Crippen LogP contribution in [0.2, 0.25) is 5.02 Å². The summed E-state index contributed by atoms with van der Waals surface area (Å²) in [7, 11) is 0. The number of benzene rings is 2. The number of hydrogen-bond donors (Lipinski definition) is 1. The topological polar surface area (TPSA) is 63.6 Å². The second kappa shape index (κ2) is 6.78. The van der Waals surface area contributed by atoms with Crippen LogP contribution in [0.1, 0.15) is 11.4 Å². The van der Waals surface area contributed by atoms with E-state index in [1.54, 1.807) is 35.2 Å². The van der Waals surface area contributed by atoms with Crippen molar-refractivity contribution >= 4 is 45.2 Å². The molecule has 7 heteroatoms. The molecule has 0 radical (unpaired) electrons. The molecule has 2 aromatic carbocycles. The molecule has 1 N–H and O–H groups in total. The van der Waals surface area contributed by atoms with Crippen LogP contribution < -0.4 is 5.56 Å². The van der Waals surface area contributed by atoms with Crippen molar-refractivity contribution in [2.75, 3.05) is 0 Å². The number of hydrogen-bond acceptors (Lipinski definition) is 3. The van der Waals surface area contributed by atoms with Crippen molar-refractivity contribution in [2.24, 2.45) is 0 Å². The maximum absolute atomic E-state index is 12.2. The Bertz CT molecular complexity index is 1180. The first-order valence-corrected chi connectivity index (χ1v) is 8.53. The summed E-state index contributed by atoms with van der Waals surface area (Å²) in [6, 6.07) is 14.7. The van der Waals surface area contributed by atoms with Crippen molar-refractivity contribution in [1.82, 2.24) is 19.7 Å². The monoisotopic (exact) mass is 382 g/mol. The molecule has 0 fully saturated rings. The molecule has 4 aromatic rings. The number of halogens is 2. The molecule has 26 heavy (non-hydrogen) atoms. The summed E-state index contributed by atoms with van der Waals surface area (Å²) in [5, 5.41) is 5.53. The summed E-state index contributed by atoms with van der Waals surface area (Å²) in [6.07, 6.45) is 5.24. The molecule has 2 aromatic heterocycles. The largest absolute Gasteiger partial charge is 0.305 e. The van der Waals surface area contributed by atoms with E-state index in [0.717, 1.165) is 11.3 Å². The van der Waals surface area contributed by atoms with E-state index in [2.05, 4.69) is 15.1 Å². The number of nitrogens with zero attached hydrogens (tertiary/aromatic N) is 3. The third-order valence-electron chi connectivity index (χ3n) is 3.81. The summed E-state index contributed by atoms with van der Waals surface area (Å²) in [4.78, 5) is 19.3. The van der Waals surface area contributed by atoms with E-state index in [1.807, 2.05) is 36.5 Å². The van der Waals surface area contributed by atoms with Crippen molar-refractivity contribution in [2.45, 2.75) is 0 Å². The van der Waals surface area contributed by atoms with Crippen LogP contribution in [0.15, 0.2) is 65.7 Å². The number of aromatic amines is 1. The van der Waals surface area contributed by atoms with Gasteiger partial charge in [0.1, 0.15) is 0 Å². The van der Waals surface area contributed by atoms with Gasteiger partial charge in [-0.1, -0.05) is 41.4 Å². The van der Waals surface area contributed by atoms with Gasteiger partial charge in [0.25, 0.3) is 5.56 Å². The highest BCUT2D eigenvalue weighted by Crippen LogP contribution is 2.21. The van der Waals surface area contributed by atoms with Gasteiger partial charge in [0.05, 0.1) is 27.8 Å². The summed E-state index contributed by atoms with van der Waals surface area (Å²) in [5.74, 6) is 0.291. The quantitative estimate of drug-likeness (QED) is 0.567. The highest BCUT2D eigenvalue weighted by atomic mass is 35.5. The second-order valence-electron chi connectivity index (χ2n) is 5.62. The van der Waals surface area contributed by atoms with Gasteiger partial charge in [0.15, 0.2) is 5.82 Å².